The number of nitrogens with two attached hydrogens (primary N) is 1. The van der Waals surface area contributed by atoms with Gasteiger partial charge in [0.2, 0.25) is 5.91 Å². The number of carboxylic acid groups (broad SMARTS) is 1. The third kappa shape index (κ3) is 8.94. The van der Waals surface area contributed by atoms with Gasteiger partial charge in [-0.05, 0) is 38.0 Å². The molecule has 9 N–H and O–H groups in total. The predicted octanol–water partition coefficient (Wildman–Crippen LogP) is -0.875. The molecule has 2 aliphatic heterocycles. The zero-order valence-electron chi connectivity index (χ0n) is 26.8. The van der Waals surface area contributed by atoms with Gasteiger partial charge in [0.25, 0.3) is 0 Å². The number of aliphatic hydroxyl groups is 5. The lowest BCUT2D eigenvalue weighted by molar-refractivity contribution is -0.337. The predicted molar refractivity (Wildman–Crippen MR) is 160 cm³/mol. The quantitative estimate of drug-likeness (QED) is 0.120. The zero-order valence-corrected chi connectivity index (χ0v) is 26.8. The first kappa shape index (κ1) is 37.3. The summed E-state index contributed by atoms with van der Waals surface area (Å²) in [4.78, 5) is 25.0. The monoisotopic (exact) mass is 662 g/mol. The van der Waals surface area contributed by atoms with Gasteiger partial charge < -0.3 is 65.4 Å². The summed E-state index contributed by atoms with van der Waals surface area (Å²) in [5.74, 6) is -1.75. The highest BCUT2D eigenvalue weighted by molar-refractivity contribution is 5.78. The van der Waals surface area contributed by atoms with Crippen LogP contribution in [0.1, 0.15) is 78.1 Å². The molecular formula is C31H54N2O13. The van der Waals surface area contributed by atoms with Crippen molar-refractivity contribution in [1.29, 1.82) is 0 Å². The Balaban J connectivity index is 1.59. The van der Waals surface area contributed by atoms with Gasteiger partial charge in [-0.15, -0.1) is 0 Å². The van der Waals surface area contributed by atoms with Gasteiger partial charge in [-0.1, -0.05) is 51.9 Å². The Morgan fingerprint density at radius 1 is 0.891 bits per heavy atom. The number of aliphatic hydroxyl groups excluding tert-OH is 5. The molecule has 0 radical (unpaired) electrons. The zero-order chi connectivity index (χ0) is 33.5. The number of rotatable bonds is 13. The molecule has 0 aromatic carbocycles. The number of hydrogen-bond acceptors (Lipinski definition) is 13. The molecule has 15 heteroatoms. The fourth-order valence-electron chi connectivity index (χ4n) is 7.32. The summed E-state index contributed by atoms with van der Waals surface area (Å²) in [6.45, 7) is 2.49. The fourth-order valence-corrected chi connectivity index (χ4v) is 7.32. The van der Waals surface area contributed by atoms with Crippen LogP contribution in [0, 0.1) is 11.8 Å². The second-order valence-electron chi connectivity index (χ2n) is 13.2. The Kier molecular flexibility index (Phi) is 14.0. The van der Waals surface area contributed by atoms with E-state index >= 15 is 0 Å². The average Bonchev–Trinajstić information content (AvgIpc) is 3.05. The average molecular weight is 663 g/mol. The Bertz CT molecular complexity index is 971. The van der Waals surface area contributed by atoms with Gasteiger partial charge in [-0.2, -0.15) is 0 Å². The van der Waals surface area contributed by atoms with Crippen LogP contribution < -0.4 is 11.1 Å². The molecule has 4 fully saturated rings. The maximum Gasteiger partial charge on any atom is 0.332 e. The third-order valence-corrected chi connectivity index (χ3v) is 10.1. The Morgan fingerprint density at radius 3 is 2.24 bits per heavy atom. The summed E-state index contributed by atoms with van der Waals surface area (Å²) < 4.78 is 30.6. The van der Waals surface area contributed by atoms with E-state index in [1.165, 1.54) is 0 Å². The normalized spacial score (nSPS) is 41.5. The third-order valence-electron chi connectivity index (χ3n) is 10.1. The lowest BCUT2D eigenvalue weighted by atomic mass is 9.82. The Morgan fingerprint density at radius 2 is 1.61 bits per heavy atom. The van der Waals surface area contributed by atoms with E-state index in [4.69, 9.17) is 29.4 Å². The van der Waals surface area contributed by atoms with Crippen molar-refractivity contribution in [2.24, 2.45) is 17.6 Å². The largest absolute Gasteiger partial charge is 0.479 e. The summed E-state index contributed by atoms with van der Waals surface area (Å²) in [5, 5.41) is 65.3. The number of nitrogens with one attached hydrogen (secondary N) is 1. The van der Waals surface area contributed by atoms with Gasteiger partial charge in [0, 0.05) is 0 Å². The summed E-state index contributed by atoms with van der Waals surface area (Å²) in [7, 11) is 0. The molecule has 1 amide bonds. The first-order valence-corrected chi connectivity index (χ1v) is 16.8. The Hall–Kier alpha value is -1.50. The summed E-state index contributed by atoms with van der Waals surface area (Å²) >= 11 is 0. The summed E-state index contributed by atoms with van der Waals surface area (Å²) in [6.07, 6.45) is -6.73. The molecule has 266 valence electrons. The maximum atomic E-state index is 12.6. The first-order chi connectivity index (χ1) is 22.0. The smallest absolute Gasteiger partial charge is 0.332 e. The van der Waals surface area contributed by atoms with E-state index in [1.807, 2.05) is 6.92 Å². The first-order valence-electron chi connectivity index (χ1n) is 16.8. The van der Waals surface area contributed by atoms with Crippen LogP contribution in [0.3, 0.4) is 0 Å². The molecule has 0 aromatic heterocycles. The highest BCUT2D eigenvalue weighted by Crippen LogP contribution is 2.37. The van der Waals surface area contributed by atoms with Crippen LogP contribution in [-0.4, -0.2) is 135 Å². The Labute approximate surface area is 269 Å². The molecule has 0 spiro atoms. The van der Waals surface area contributed by atoms with E-state index in [1.54, 1.807) is 6.92 Å². The standard InChI is InChI=1S/C31H54N2O13/c1-3-17-10-7-11-18(27(17)46-31-26(39)25(38)23(36)15(2)42-31)44-30-22(33-21(35)13-32)28(24(37)20(14-34)45-30)43-19(29(40)41)12-16-8-5-4-6-9-16/h15-20,22-28,30-31,34,36-39H,3-14,32H2,1-2H3,(H,33,35)(H,40,41)/t15?,17-,18-,19+,20+,22?,23-,24+,25+,26?,27?,28?,30-,31+/m1/s1. The molecule has 2 heterocycles. The topological polar surface area (TPSA) is 240 Å². The molecule has 14 atom stereocenters. The van der Waals surface area contributed by atoms with Gasteiger partial charge in [0.15, 0.2) is 18.7 Å². The molecule has 5 unspecified atom stereocenters. The lowest BCUT2D eigenvalue weighted by Gasteiger charge is -2.48. The molecule has 2 aliphatic carbocycles. The van der Waals surface area contributed by atoms with Crippen LogP contribution in [0.15, 0.2) is 0 Å². The molecule has 4 aliphatic rings. The van der Waals surface area contributed by atoms with Gasteiger partial charge >= 0.3 is 5.97 Å². The summed E-state index contributed by atoms with van der Waals surface area (Å²) in [6, 6.07) is -1.21. The number of ether oxygens (including phenoxy) is 5. The van der Waals surface area contributed by atoms with Gasteiger partial charge in [0.1, 0.15) is 42.7 Å². The minimum absolute atomic E-state index is 0.0623. The molecule has 2 saturated heterocycles. The van der Waals surface area contributed by atoms with Crippen molar-refractivity contribution in [3.8, 4) is 0 Å². The van der Waals surface area contributed by atoms with Crippen LogP contribution in [0.5, 0.6) is 0 Å². The van der Waals surface area contributed by atoms with Crippen LogP contribution >= 0.6 is 0 Å². The van der Waals surface area contributed by atoms with E-state index in [9.17, 15) is 40.2 Å². The van der Waals surface area contributed by atoms with E-state index < -0.39 is 105 Å². The fraction of sp³-hybridized carbons (Fsp3) is 0.935. The number of amides is 1. The minimum Gasteiger partial charge on any atom is -0.479 e. The molecule has 4 rings (SSSR count). The minimum atomic E-state index is -1.53. The number of carbonyl (C=O) groups excluding carboxylic acids is 1. The van der Waals surface area contributed by atoms with Crippen molar-refractivity contribution in [3.05, 3.63) is 0 Å². The van der Waals surface area contributed by atoms with Crippen molar-refractivity contribution in [2.75, 3.05) is 13.2 Å². The van der Waals surface area contributed by atoms with E-state index in [2.05, 4.69) is 5.32 Å². The molecule has 15 nitrogen and oxygen atoms in total. The highest BCUT2D eigenvalue weighted by Gasteiger charge is 2.51. The number of aliphatic carboxylic acids is 1. The van der Waals surface area contributed by atoms with Gasteiger partial charge in [0.05, 0.1) is 31.5 Å². The van der Waals surface area contributed by atoms with Crippen LogP contribution in [0.25, 0.3) is 0 Å². The van der Waals surface area contributed by atoms with Gasteiger partial charge in [-0.3, -0.25) is 4.79 Å². The second kappa shape index (κ2) is 17.2. The van der Waals surface area contributed by atoms with Crippen LogP contribution in [-0.2, 0) is 33.3 Å². The van der Waals surface area contributed by atoms with Crippen molar-refractivity contribution in [3.63, 3.8) is 0 Å². The van der Waals surface area contributed by atoms with Crippen LogP contribution in [0.2, 0.25) is 0 Å². The SMILES string of the molecule is CC[C@@H]1CCC[C@@H](O[C@@H]2O[C@@H](CO)[C@H](O)C(O[C@@H](CC3CCCCC3)C(=O)O)C2NC(=O)CN)C1O[C@@H]1OC(C)[C@@H](O)[C@H](O)C1O. The number of carboxylic acids is 1. The van der Waals surface area contributed by atoms with Crippen molar-refractivity contribution < 1.29 is 63.9 Å². The van der Waals surface area contributed by atoms with E-state index in [0.717, 1.165) is 44.9 Å². The number of hydrogen-bond donors (Lipinski definition) is 8. The van der Waals surface area contributed by atoms with Crippen molar-refractivity contribution in [2.45, 2.75) is 158 Å². The summed E-state index contributed by atoms with van der Waals surface area (Å²) in [5.41, 5.74) is 5.61. The van der Waals surface area contributed by atoms with Crippen molar-refractivity contribution >= 4 is 11.9 Å². The van der Waals surface area contributed by atoms with E-state index in [0.29, 0.717) is 12.8 Å². The van der Waals surface area contributed by atoms with Crippen LogP contribution in [0.4, 0.5) is 0 Å². The second-order valence-corrected chi connectivity index (χ2v) is 13.2. The van der Waals surface area contributed by atoms with Crippen molar-refractivity contribution in [1.82, 2.24) is 5.32 Å². The van der Waals surface area contributed by atoms with E-state index in [-0.39, 0.29) is 18.3 Å². The highest BCUT2D eigenvalue weighted by atomic mass is 16.7. The number of carbonyl (C=O) groups is 2. The molecule has 0 aromatic rings. The molecular weight excluding hydrogens is 608 g/mol. The van der Waals surface area contributed by atoms with Gasteiger partial charge in [-0.25, -0.2) is 4.79 Å². The molecule has 46 heavy (non-hydrogen) atoms. The maximum absolute atomic E-state index is 12.6. The lowest BCUT2D eigenvalue weighted by Crippen LogP contribution is -2.67. The molecule has 2 saturated carbocycles. The molecule has 0 bridgehead atoms.